The molecule has 0 radical (unpaired) electrons. The van der Waals surface area contributed by atoms with Gasteiger partial charge in [0.15, 0.2) is 0 Å². The number of hydrogen-bond donors (Lipinski definition) is 0. The molecule has 5 nitrogen and oxygen atoms in total. The minimum atomic E-state index is -0.430. The summed E-state index contributed by atoms with van der Waals surface area (Å²) >= 11 is 5.77. The third-order valence-corrected chi connectivity index (χ3v) is 3.44. The molecule has 0 aliphatic carbocycles. The van der Waals surface area contributed by atoms with E-state index >= 15 is 0 Å². The summed E-state index contributed by atoms with van der Waals surface area (Å²) < 4.78 is 5.45. The number of anilines is 1. The lowest BCUT2D eigenvalue weighted by Crippen LogP contribution is -2.32. The average molecular weight is 290 g/mol. The van der Waals surface area contributed by atoms with Crippen LogP contribution in [0.25, 0.3) is 0 Å². The second-order valence-corrected chi connectivity index (χ2v) is 4.85. The average Bonchev–Trinajstić information content (AvgIpc) is 2.75. The van der Waals surface area contributed by atoms with E-state index in [9.17, 15) is 4.79 Å². The van der Waals surface area contributed by atoms with Crippen LogP contribution >= 0.6 is 11.6 Å². The van der Waals surface area contributed by atoms with Crippen molar-refractivity contribution in [1.82, 2.24) is 9.97 Å². The molecule has 1 fully saturated rings. The molecule has 1 amide bonds. The lowest BCUT2D eigenvalue weighted by molar-refractivity contribution is 0.134. The van der Waals surface area contributed by atoms with E-state index in [4.69, 9.17) is 16.3 Å². The first-order valence-electron chi connectivity index (χ1n) is 6.20. The number of cyclic esters (lactones) is 1. The van der Waals surface area contributed by atoms with Crippen LogP contribution in [-0.4, -0.2) is 22.1 Å². The van der Waals surface area contributed by atoms with E-state index in [0.29, 0.717) is 5.82 Å². The molecule has 6 heteroatoms. The molecule has 2 aromatic rings. The molecule has 2 atom stereocenters. The topological polar surface area (TPSA) is 55.3 Å². The van der Waals surface area contributed by atoms with Crippen LogP contribution in [0.3, 0.4) is 0 Å². The highest BCUT2D eigenvalue weighted by Gasteiger charge is 2.41. The Kier molecular flexibility index (Phi) is 3.28. The number of amides is 1. The van der Waals surface area contributed by atoms with Gasteiger partial charge < -0.3 is 4.74 Å². The summed E-state index contributed by atoms with van der Waals surface area (Å²) in [6, 6.07) is 11.1. The SMILES string of the molecule is C[C@@H]1[C@H](c2ccccc2)OC(=O)N1c1ccnc(Cl)n1. The van der Waals surface area contributed by atoms with Crippen molar-refractivity contribution >= 4 is 23.5 Å². The molecule has 0 saturated carbocycles. The number of carbonyl (C=O) groups excluding carboxylic acids is 1. The first-order chi connectivity index (χ1) is 9.66. The van der Waals surface area contributed by atoms with Gasteiger partial charge in [0.05, 0.1) is 6.04 Å². The van der Waals surface area contributed by atoms with Crippen LogP contribution in [0, 0.1) is 0 Å². The molecule has 0 N–H and O–H groups in total. The predicted octanol–water partition coefficient (Wildman–Crippen LogP) is 3.22. The first-order valence-corrected chi connectivity index (χ1v) is 6.58. The molecule has 2 heterocycles. The molecule has 0 unspecified atom stereocenters. The second-order valence-electron chi connectivity index (χ2n) is 4.51. The van der Waals surface area contributed by atoms with Gasteiger partial charge in [0.25, 0.3) is 0 Å². The maximum absolute atomic E-state index is 12.1. The fourth-order valence-electron chi connectivity index (χ4n) is 2.32. The predicted molar refractivity (Wildman–Crippen MR) is 74.6 cm³/mol. The molecule has 20 heavy (non-hydrogen) atoms. The van der Waals surface area contributed by atoms with Gasteiger partial charge in [0.1, 0.15) is 11.9 Å². The zero-order valence-corrected chi connectivity index (χ0v) is 11.5. The van der Waals surface area contributed by atoms with Gasteiger partial charge in [-0.05, 0) is 30.2 Å². The Bertz CT molecular complexity index is 635. The van der Waals surface area contributed by atoms with E-state index in [2.05, 4.69) is 9.97 Å². The van der Waals surface area contributed by atoms with Crippen molar-refractivity contribution in [2.45, 2.75) is 19.1 Å². The van der Waals surface area contributed by atoms with Gasteiger partial charge in [-0.25, -0.2) is 14.8 Å². The lowest BCUT2D eigenvalue weighted by Gasteiger charge is -2.19. The van der Waals surface area contributed by atoms with Crippen molar-refractivity contribution < 1.29 is 9.53 Å². The summed E-state index contributed by atoms with van der Waals surface area (Å²) in [5.41, 5.74) is 0.955. The summed E-state index contributed by atoms with van der Waals surface area (Å²) in [7, 11) is 0. The van der Waals surface area contributed by atoms with E-state index in [-0.39, 0.29) is 17.4 Å². The quantitative estimate of drug-likeness (QED) is 0.797. The molecule has 1 aliphatic rings. The Balaban J connectivity index is 1.93. The van der Waals surface area contributed by atoms with Gasteiger partial charge in [-0.1, -0.05) is 30.3 Å². The summed E-state index contributed by atoms with van der Waals surface area (Å²) in [6.07, 6.45) is 0.763. The van der Waals surface area contributed by atoms with Gasteiger partial charge in [-0.15, -0.1) is 0 Å². The van der Waals surface area contributed by atoms with E-state index < -0.39 is 6.09 Å². The van der Waals surface area contributed by atoms with Crippen LogP contribution in [0.2, 0.25) is 5.28 Å². The third-order valence-electron chi connectivity index (χ3n) is 3.26. The molecule has 1 saturated heterocycles. The zero-order valence-electron chi connectivity index (χ0n) is 10.7. The molecular weight excluding hydrogens is 278 g/mol. The van der Waals surface area contributed by atoms with Crippen LogP contribution in [0.15, 0.2) is 42.6 Å². The molecular formula is C14H12ClN3O2. The normalized spacial score (nSPS) is 21.9. The highest BCUT2D eigenvalue weighted by atomic mass is 35.5. The number of ether oxygens (including phenoxy) is 1. The van der Waals surface area contributed by atoms with Gasteiger partial charge >= 0.3 is 6.09 Å². The maximum Gasteiger partial charge on any atom is 0.416 e. The summed E-state index contributed by atoms with van der Waals surface area (Å²) in [4.78, 5) is 21.4. The Labute approximate surface area is 121 Å². The van der Waals surface area contributed by atoms with Crippen molar-refractivity contribution in [2.24, 2.45) is 0 Å². The molecule has 0 spiro atoms. The zero-order chi connectivity index (χ0) is 14.1. The number of halogens is 1. The maximum atomic E-state index is 12.1. The first kappa shape index (κ1) is 12.9. The van der Waals surface area contributed by atoms with E-state index in [1.165, 1.54) is 11.1 Å². The Morgan fingerprint density at radius 2 is 2.00 bits per heavy atom. The molecule has 1 aliphatic heterocycles. The van der Waals surface area contributed by atoms with Crippen LogP contribution < -0.4 is 4.90 Å². The number of nitrogens with zero attached hydrogens (tertiary/aromatic N) is 3. The standard InChI is InChI=1S/C14H12ClN3O2/c1-9-12(10-5-3-2-4-6-10)20-14(19)18(9)11-7-8-16-13(15)17-11/h2-9,12H,1H3/t9-,12-/m1/s1. The molecule has 102 valence electrons. The molecule has 1 aromatic heterocycles. The van der Waals surface area contributed by atoms with Crippen molar-refractivity contribution in [3.63, 3.8) is 0 Å². The lowest BCUT2D eigenvalue weighted by atomic mass is 10.0. The van der Waals surface area contributed by atoms with Crippen LogP contribution in [0.4, 0.5) is 10.6 Å². The van der Waals surface area contributed by atoms with Crippen molar-refractivity contribution in [2.75, 3.05) is 4.90 Å². The number of benzene rings is 1. The number of rotatable bonds is 2. The van der Waals surface area contributed by atoms with Gasteiger partial charge in [0, 0.05) is 6.20 Å². The second kappa shape index (κ2) is 5.09. The van der Waals surface area contributed by atoms with Crippen LogP contribution in [-0.2, 0) is 4.74 Å². The Morgan fingerprint density at radius 3 is 2.70 bits per heavy atom. The van der Waals surface area contributed by atoms with Gasteiger partial charge in [-0.2, -0.15) is 0 Å². The molecule has 3 rings (SSSR count). The monoisotopic (exact) mass is 289 g/mol. The summed E-state index contributed by atoms with van der Waals surface area (Å²) in [5, 5.41) is 0.102. The number of aromatic nitrogens is 2. The van der Waals surface area contributed by atoms with Crippen molar-refractivity contribution in [3.8, 4) is 0 Å². The largest absolute Gasteiger partial charge is 0.439 e. The van der Waals surface area contributed by atoms with E-state index in [0.717, 1.165) is 5.56 Å². The third kappa shape index (κ3) is 2.20. The van der Waals surface area contributed by atoms with Crippen molar-refractivity contribution in [1.29, 1.82) is 0 Å². The fourth-order valence-corrected chi connectivity index (χ4v) is 2.46. The Morgan fingerprint density at radius 1 is 1.25 bits per heavy atom. The Hall–Kier alpha value is -2.14. The highest BCUT2D eigenvalue weighted by Crippen LogP contribution is 2.34. The van der Waals surface area contributed by atoms with E-state index in [1.54, 1.807) is 6.07 Å². The van der Waals surface area contributed by atoms with Crippen LogP contribution in [0.1, 0.15) is 18.6 Å². The van der Waals surface area contributed by atoms with E-state index in [1.807, 2.05) is 37.3 Å². The summed E-state index contributed by atoms with van der Waals surface area (Å²) in [5.74, 6) is 0.445. The summed E-state index contributed by atoms with van der Waals surface area (Å²) in [6.45, 7) is 1.92. The van der Waals surface area contributed by atoms with Gasteiger partial charge in [-0.3, -0.25) is 4.90 Å². The minimum absolute atomic E-state index is 0.102. The minimum Gasteiger partial charge on any atom is -0.439 e. The molecule has 0 bridgehead atoms. The molecule has 1 aromatic carbocycles. The fraction of sp³-hybridized carbons (Fsp3) is 0.214. The highest BCUT2D eigenvalue weighted by molar-refractivity contribution is 6.28. The van der Waals surface area contributed by atoms with Crippen LogP contribution in [0.5, 0.6) is 0 Å². The number of carbonyl (C=O) groups is 1. The van der Waals surface area contributed by atoms with Crippen molar-refractivity contribution in [3.05, 3.63) is 53.4 Å². The van der Waals surface area contributed by atoms with Gasteiger partial charge in [0.2, 0.25) is 5.28 Å². The smallest absolute Gasteiger partial charge is 0.416 e. The number of hydrogen-bond acceptors (Lipinski definition) is 4.